The Morgan fingerprint density at radius 1 is 1.38 bits per heavy atom. The van der Waals surface area contributed by atoms with Crippen LogP contribution in [0.2, 0.25) is 0 Å². The van der Waals surface area contributed by atoms with Crippen molar-refractivity contribution in [3.8, 4) is 0 Å². The van der Waals surface area contributed by atoms with Gasteiger partial charge in [0.25, 0.3) is 0 Å². The number of nitrogens with one attached hydrogen (secondary N) is 2. The summed E-state index contributed by atoms with van der Waals surface area (Å²) < 4.78 is 1.67. The first-order chi connectivity index (χ1) is 11.6. The monoisotopic (exact) mass is 346 g/mol. The van der Waals surface area contributed by atoms with Crippen LogP contribution in [0, 0.1) is 0 Å². The van der Waals surface area contributed by atoms with Crippen LogP contribution in [0.15, 0.2) is 40.3 Å². The highest BCUT2D eigenvalue weighted by Crippen LogP contribution is 2.36. The van der Waals surface area contributed by atoms with E-state index < -0.39 is 0 Å². The molecule has 1 fully saturated rings. The van der Waals surface area contributed by atoms with Crippen LogP contribution >= 0.6 is 11.8 Å². The minimum Gasteiger partial charge on any atom is -0.355 e. The maximum Gasteiger partial charge on any atom is 0.344 e. The molecule has 7 heteroatoms. The maximum atomic E-state index is 12.3. The first-order valence-electron chi connectivity index (χ1n) is 8.22. The van der Waals surface area contributed by atoms with Gasteiger partial charge in [-0.1, -0.05) is 49.0 Å². The number of thioether (sulfide) groups is 1. The molecular formula is C17H22N4O2S. The summed E-state index contributed by atoms with van der Waals surface area (Å²) in [6.45, 7) is 4.51. The number of hydrogen-bond acceptors (Lipinski definition) is 4. The first kappa shape index (κ1) is 16.8. The Labute approximate surface area is 145 Å². The summed E-state index contributed by atoms with van der Waals surface area (Å²) in [5, 5.41) is 9.81. The fourth-order valence-corrected chi connectivity index (χ4v) is 3.49. The summed E-state index contributed by atoms with van der Waals surface area (Å²) in [6, 6.07) is 10.4. The van der Waals surface area contributed by atoms with E-state index in [0.717, 1.165) is 12.8 Å². The van der Waals surface area contributed by atoms with Gasteiger partial charge in [0, 0.05) is 12.6 Å². The lowest BCUT2D eigenvalue weighted by Crippen LogP contribution is -2.33. The topological polar surface area (TPSA) is 79.8 Å². The molecule has 6 nitrogen and oxygen atoms in total. The summed E-state index contributed by atoms with van der Waals surface area (Å²) >= 11 is 1.32. The number of carbonyl (C=O) groups is 1. The Kier molecular flexibility index (Phi) is 5.08. The molecule has 0 bridgehead atoms. The number of H-pyrrole nitrogens is 1. The summed E-state index contributed by atoms with van der Waals surface area (Å²) in [5.41, 5.74) is 1.01. The third kappa shape index (κ3) is 3.90. The quantitative estimate of drug-likeness (QED) is 0.754. The predicted molar refractivity (Wildman–Crippen MR) is 94.3 cm³/mol. The molecule has 1 amide bonds. The van der Waals surface area contributed by atoms with E-state index in [-0.39, 0.29) is 28.8 Å². The molecule has 2 unspecified atom stereocenters. The third-order valence-corrected chi connectivity index (χ3v) is 5.25. The molecule has 1 aromatic carbocycles. The third-order valence-electron chi connectivity index (χ3n) is 4.19. The minimum absolute atomic E-state index is 0.0411. The van der Waals surface area contributed by atoms with E-state index in [4.69, 9.17) is 0 Å². The molecule has 1 saturated carbocycles. The number of aromatic amines is 1. The average Bonchev–Trinajstić information content (AvgIpc) is 3.37. The van der Waals surface area contributed by atoms with Crippen molar-refractivity contribution < 1.29 is 4.79 Å². The van der Waals surface area contributed by atoms with Crippen LogP contribution in [0.1, 0.15) is 44.2 Å². The van der Waals surface area contributed by atoms with Crippen LogP contribution in [0.5, 0.6) is 0 Å². The second-order valence-corrected chi connectivity index (χ2v) is 7.54. The smallest absolute Gasteiger partial charge is 0.344 e. The lowest BCUT2D eigenvalue weighted by Gasteiger charge is -2.16. The van der Waals surface area contributed by atoms with Gasteiger partial charge in [-0.15, -0.1) is 5.10 Å². The number of nitrogens with zero attached hydrogens (tertiary/aromatic N) is 2. The van der Waals surface area contributed by atoms with Crippen molar-refractivity contribution >= 4 is 17.7 Å². The van der Waals surface area contributed by atoms with E-state index in [1.807, 2.05) is 25.1 Å². The minimum atomic E-state index is -0.305. The highest BCUT2D eigenvalue weighted by molar-refractivity contribution is 8.00. The van der Waals surface area contributed by atoms with E-state index in [1.165, 1.54) is 17.3 Å². The SMILES string of the molecule is CC(Sc1n[nH]c(=O)n1C1CC1)C(=O)NCC(C)c1ccccc1. The van der Waals surface area contributed by atoms with E-state index >= 15 is 0 Å². The number of benzene rings is 1. The molecule has 128 valence electrons. The zero-order chi connectivity index (χ0) is 17.1. The van der Waals surface area contributed by atoms with Gasteiger partial charge in [-0.25, -0.2) is 9.89 Å². The van der Waals surface area contributed by atoms with Crippen molar-refractivity contribution in [1.29, 1.82) is 0 Å². The Morgan fingerprint density at radius 2 is 2.08 bits per heavy atom. The van der Waals surface area contributed by atoms with Gasteiger partial charge in [0.15, 0.2) is 5.16 Å². The fraction of sp³-hybridized carbons (Fsp3) is 0.471. The second-order valence-electron chi connectivity index (χ2n) is 6.23. The van der Waals surface area contributed by atoms with Gasteiger partial charge in [-0.2, -0.15) is 0 Å². The van der Waals surface area contributed by atoms with Crippen LogP contribution < -0.4 is 11.0 Å². The van der Waals surface area contributed by atoms with Gasteiger partial charge in [-0.3, -0.25) is 9.36 Å². The van der Waals surface area contributed by atoms with E-state index in [0.29, 0.717) is 11.7 Å². The molecule has 1 aliphatic rings. The lowest BCUT2D eigenvalue weighted by atomic mass is 10.0. The second kappa shape index (κ2) is 7.25. The van der Waals surface area contributed by atoms with Crippen LogP contribution in [-0.4, -0.2) is 32.5 Å². The van der Waals surface area contributed by atoms with Crippen molar-refractivity contribution in [2.75, 3.05) is 6.54 Å². The number of amides is 1. The molecule has 2 aromatic rings. The van der Waals surface area contributed by atoms with E-state index in [1.54, 1.807) is 4.57 Å². The Balaban J connectivity index is 1.54. The van der Waals surface area contributed by atoms with Gasteiger partial charge >= 0.3 is 5.69 Å². The molecule has 1 aliphatic carbocycles. The van der Waals surface area contributed by atoms with Crippen molar-refractivity contribution in [2.24, 2.45) is 0 Å². The normalized spacial score (nSPS) is 16.6. The summed E-state index contributed by atoms with van der Waals surface area (Å²) in [7, 11) is 0. The summed E-state index contributed by atoms with van der Waals surface area (Å²) in [4.78, 5) is 24.1. The van der Waals surface area contributed by atoms with Crippen molar-refractivity contribution in [3.63, 3.8) is 0 Å². The Bertz CT molecular complexity index is 751. The van der Waals surface area contributed by atoms with Gasteiger partial charge in [0.2, 0.25) is 5.91 Å². The summed E-state index contributed by atoms with van der Waals surface area (Å²) in [5.74, 6) is 0.211. The molecule has 0 radical (unpaired) electrons. The molecule has 2 atom stereocenters. The van der Waals surface area contributed by atoms with Crippen molar-refractivity contribution in [1.82, 2.24) is 20.1 Å². The zero-order valence-electron chi connectivity index (χ0n) is 13.9. The van der Waals surface area contributed by atoms with Gasteiger partial charge in [-0.05, 0) is 31.2 Å². The van der Waals surface area contributed by atoms with Gasteiger partial charge in [0.05, 0.1) is 5.25 Å². The molecule has 0 spiro atoms. The number of aromatic nitrogens is 3. The molecule has 0 aliphatic heterocycles. The molecule has 3 rings (SSSR count). The number of rotatable bonds is 7. The molecule has 1 heterocycles. The number of hydrogen-bond donors (Lipinski definition) is 2. The lowest BCUT2D eigenvalue weighted by molar-refractivity contribution is -0.120. The van der Waals surface area contributed by atoms with Crippen molar-refractivity contribution in [3.05, 3.63) is 46.4 Å². The van der Waals surface area contributed by atoms with Crippen molar-refractivity contribution in [2.45, 2.75) is 49.1 Å². The van der Waals surface area contributed by atoms with Gasteiger partial charge in [0.1, 0.15) is 0 Å². The predicted octanol–water partition coefficient (Wildman–Crippen LogP) is 2.31. The fourth-order valence-electron chi connectivity index (χ4n) is 2.54. The average molecular weight is 346 g/mol. The summed E-state index contributed by atoms with van der Waals surface area (Å²) in [6.07, 6.45) is 2.00. The van der Waals surface area contributed by atoms with Crippen LogP contribution in [-0.2, 0) is 4.79 Å². The Morgan fingerprint density at radius 3 is 2.75 bits per heavy atom. The highest BCUT2D eigenvalue weighted by atomic mass is 32.2. The van der Waals surface area contributed by atoms with Gasteiger partial charge < -0.3 is 5.32 Å². The molecule has 0 saturated heterocycles. The highest BCUT2D eigenvalue weighted by Gasteiger charge is 2.30. The maximum absolute atomic E-state index is 12.3. The standard InChI is InChI=1S/C17H22N4O2S/c1-11(13-6-4-3-5-7-13)10-18-15(22)12(2)24-17-20-19-16(23)21(17)14-8-9-14/h3-7,11-12,14H,8-10H2,1-2H3,(H,18,22)(H,19,23). The van der Waals surface area contributed by atoms with E-state index in [2.05, 4.69) is 34.6 Å². The van der Waals surface area contributed by atoms with Crippen LogP contribution in [0.4, 0.5) is 0 Å². The van der Waals surface area contributed by atoms with Crippen LogP contribution in [0.3, 0.4) is 0 Å². The largest absolute Gasteiger partial charge is 0.355 e. The molecular weight excluding hydrogens is 324 g/mol. The molecule has 2 N–H and O–H groups in total. The van der Waals surface area contributed by atoms with Crippen LogP contribution in [0.25, 0.3) is 0 Å². The van der Waals surface area contributed by atoms with E-state index in [9.17, 15) is 9.59 Å². The Hall–Kier alpha value is -2.02. The zero-order valence-corrected chi connectivity index (χ0v) is 14.7. The molecule has 24 heavy (non-hydrogen) atoms. The number of carbonyl (C=O) groups excluding carboxylic acids is 1. The first-order valence-corrected chi connectivity index (χ1v) is 9.10. The molecule has 1 aromatic heterocycles.